The van der Waals surface area contributed by atoms with Gasteiger partial charge in [0.05, 0.1) is 28.4 Å². The summed E-state index contributed by atoms with van der Waals surface area (Å²) < 4.78 is 43.9. The number of nitrogens with zero attached hydrogens (tertiary/aromatic N) is 2. The first-order valence-corrected chi connectivity index (χ1v) is 9.30. The highest BCUT2D eigenvalue weighted by Gasteiger charge is 2.22. The molecule has 0 radical (unpaired) electrons. The Morgan fingerprint density at radius 3 is 2.53 bits per heavy atom. The highest BCUT2D eigenvalue weighted by atomic mass is 19.1. The number of anilines is 1. The molecule has 4 rings (SSSR count). The SMILES string of the molecule is CC1CN(c2cc3c(cc2F)c(=O)c(C(=O)[O-])cn3-c2ccc(F)cc2F)CCN1. The molecule has 1 fully saturated rings. The van der Waals surface area contributed by atoms with Crippen molar-refractivity contribution in [2.45, 2.75) is 13.0 Å². The van der Waals surface area contributed by atoms with Gasteiger partial charge >= 0.3 is 0 Å². The maximum absolute atomic E-state index is 14.9. The van der Waals surface area contributed by atoms with Crippen molar-refractivity contribution < 1.29 is 23.1 Å². The molecular formula is C21H17F3N3O3-. The third-order valence-corrected chi connectivity index (χ3v) is 5.17. The van der Waals surface area contributed by atoms with Crippen molar-refractivity contribution in [3.05, 3.63) is 69.8 Å². The number of aromatic carboxylic acids is 1. The molecule has 0 amide bonds. The predicted octanol–water partition coefficient (Wildman–Crippen LogP) is 1.57. The Labute approximate surface area is 169 Å². The number of carbonyl (C=O) groups excluding carboxylic acids is 1. The lowest BCUT2D eigenvalue weighted by atomic mass is 10.1. The predicted molar refractivity (Wildman–Crippen MR) is 103 cm³/mol. The molecule has 156 valence electrons. The van der Waals surface area contributed by atoms with E-state index < -0.39 is 34.4 Å². The summed E-state index contributed by atoms with van der Waals surface area (Å²) in [6.45, 7) is 3.59. The van der Waals surface area contributed by atoms with Gasteiger partial charge in [-0.2, -0.15) is 0 Å². The molecule has 0 spiro atoms. The molecule has 0 saturated carbocycles. The van der Waals surface area contributed by atoms with Crippen molar-refractivity contribution in [1.29, 1.82) is 0 Å². The Morgan fingerprint density at radius 2 is 1.87 bits per heavy atom. The monoisotopic (exact) mass is 416 g/mol. The number of halogens is 3. The Kier molecular flexibility index (Phi) is 4.98. The van der Waals surface area contributed by atoms with Crippen LogP contribution in [0.4, 0.5) is 18.9 Å². The fraction of sp³-hybridized carbons (Fsp3) is 0.238. The van der Waals surface area contributed by atoms with Crippen molar-refractivity contribution in [1.82, 2.24) is 9.88 Å². The maximum Gasteiger partial charge on any atom is 0.198 e. The fourth-order valence-electron chi connectivity index (χ4n) is 3.75. The van der Waals surface area contributed by atoms with Gasteiger partial charge in [0.15, 0.2) is 5.43 Å². The summed E-state index contributed by atoms with van der Waals surface area (Å²) in [5.74, 6) is -4.26. The highest BCUT2D eigenvalue weighted by molar-refractivity contribution is 5.93. The van der Waals surface area contributed by atoms with Crippen LogP contribution < -0.4 is 20.8 Å². The second kappa shape index (κ2) is 7.49. The number of pyridine rings is 1. The molecule has 1 aliphatic rings. The summed E-state index contributed by atoms with van der Waals surface area (Å²) in [6.07, 6.45) is 0.915. The van der Waals surface area contributed by atoms with Crippen LogP contribution in [0.3, 0.4) is 0 Å². The lowest BCUT2D eigenvalue weighted by molar-refractivity contribution is -0.255. The highest BCUT2D eigenvalue weighted by Crippen LogP contribution is 2.28. The van der Waals surface area contributed by atoms with E-state index in [1.807, 2.05) is 6.92 Å². The van der Waals surface area contributed by atoms with E-state index in [2.05, 4.69) is 5.32 Å². The lowest BCUT2D eigenvalue weighted by Crippen LogP contribution is -2.49. The van der Waals surface area contributed by atoms with Crippen LogP contribution in [-0.4, -0.2) is 36.2 Å². The molecule has 1 aliphatic heterocycles. The Balaban J connectivity index is 2.03. The van der Waals surface area contributed by atoms with Crippen molar-refractivity contribution in [2.24, 2.45) is 0 Å². The number of rotatable bonds is 3. The van der Waals surface area contributed by atoms with Gasteiger partial charge in [0.2, 0.25) is 0 Å². The van der Waals surface area contributed by atoms with Crippen LogP contribution in [0.5, 0.6) is 0 Å². The third kappa shape index (κ3) is 3.41. The number of aromatic nitrogens is 1. The quantitative estimate of drug-likeness (QED) is 0.702. The zero-order valence-electron chi connectivity index (χ0n) is 15.9. The van der Waals surface area contributed by atoms with E-state index in [1.54, 1.807) is 4.90 Å². The minimum Gasteiger partial charge on any atom is -0.545 e. The number of benzene rings is 2. The molecule has 1 saturated heterocycles. The second-order valence-electron chi connectivity index (χ2n) is 7.25. The van der Waals surface area contributed by atoms with Crippen LogP contribution in [-0.2, 0) is 0 Å². The summed E-state index contributed by atoms with van der Waals surface area (Å²) >= 11 is 0. The first kappa shape index (κ1) is 20.0. The number of fused-ring (bicyclic) bond motifs is 1. The van der Waals surface area contributed by atoms with Crippen LogP contribution in [0, 0.1) is 17.5 Å². The fourth-order valence-corrected chi connectivity index (χ4v) is 3.75. The molecule has 6 nitrogen and oxygen atoms in total. The van der Waals surface area contributed by atoms with E-state index in [-0.39, 0.29) is 28.3 Å². The number of carboxylic acid groups (broad SMARTS) is 1. The van der Waals surface area contributed by atoms with Gasteiger partial charge < -0.3 is 24.7 Å². The van der Waals surface area contributed by atoms with Gasteiger partial charge in [-0.05, 0) is 31.2 Å². The Bertz CT molecular complexity index is 1230. The lowest BCUT2D eigenvalue weighted by Gasteiger charge is -2.34. The molecule has 2 aromatic carbocycles. The first-order valence-electron chi connectivity index (χ1n) is 9.30. The summed E-state index contributed by atoms with van der Waals surface area (Å²) in [4.78, 5) is 25.8. The van der Waals surface area contributed by atoms with E-state index in [0.29, 0.717) is 25.7 Å². The molecule has 2 heterocycles. The molecule has 0 aliphatic carbocycles. The van der Waals surface area contributed by atoms with E-state index in [4.69, 9.17) is 0 Å². The smallest absolute Gasteiger partial charge is 0.198 e. The Morgan fingerprint density at radius 1 is 1.13 bits per heavy atom. The summed E-state index contributed by atoms with van der Waals surface area (Å²) in [5, 5.41) is 14.4. The number of hydrogen-bond donors (Lipinski definition) is 1. The summed E-state index contributed by atoms with van der Waals surface area (Å²) in [7, 11) is 0. The average molecular weight is 416 g/mol. The van der Waals surface area contributed by atoms with Crippen LogP contribution in [0.15, 0.2) is 41.3 Å². The molecule has 1 aromatic heterocycles. The van der Waals surface area contributed by atoms with Crippen molar-refractivity contribution in [3.63, 3.8) is 0 Å². The molecular weight excluding hydrogens is 399 g/mol. The van der Waals surface area contributed by atoms with Gasteiger partial charge in [-0.3, -0.25) is 4.79 Å². The van der Waals surface area contributed by atoms with Crippen LogP contribution in [0.1, 0.15) is 17.3 Å². The Hall–Kier alpha value is -3.33. The van der Waals surface area contributed by atoms with Gasteiger partial charge in [-0.25, -0.2) is 13.2 Å². The van der Waals surface area contributed by atoms with Crippen LogP contribution in [0.2, 0.25) is 0 Å². The second-order valence-corrected chi connectivity index (χ2v) is 7.25. The van der Waals surface area contributed by atoms with Gasteiger partial charge in [0.25, 0.3) is 0 Å². The van der Waals surface area contributed by atoms with Crippen LogP contribution >= 0.6 is 0 Å². The van der Waals surface area contributed by atoms with E-state index in [9.17, 15) is 27.9 Å². The standard InChI is InChI=1S/C21H18F3N3O3/c1-11-9-26(5-4-25-11)19-8-18-13(7-16(19)24)20(28)14(21(29)30)10-27(18)17-3-2-12(22)6-15(17)23/h2-3,6-8,10-11,25H,4-5,9H2,1H3,(H,29,30)/p-1. The summed E-state index contributed by atoms with van der Waals surface area (Å²) in [6, 6.07) is 5.19. The largest absolute Gasteiger partial charge is 0.545 e. The number of carbonyl (C=O) groups is 1. The maximum atomic E-state index is 14.9. The van der Waals surface area contributed by atoms with Crippen molar-refractivity contribution >= 4 is 22.6 Å². The molecule has 9 heteroatoms. The third-order valence-electron chi connectivity index (χ3n) is 5.17. The molecule has 1 unspecified atom stereocenters. The van der Waals surface area contributed by atoms with Gasteiger partial charge in [-0.15, -0.1) is 0 Å². The zero-order chi connectivity index (χ0) is 21.6. The minimum atomic E-state index is -1.78. The summed E-state index contributed by atoms with van der Waals surface area (Å²) in [5.41, 5.74) is -1.59. The number of carboxylic acids is 1. The van der Waals surface area contributed by atoms with Crippen molar-refractivity contribution in [2.75, 3.05) is 24.5 Å². The molecule has 1 N–H and O–H groups in total. The number of hydrogen-bond acceptors (Lipinski definition) is 5. The van der Waals surface area contributed by atoms with E-state index >= 15 is 0 Å². The molecule has 3 aromatic rings. The van der Waals surface area contributed by atoms with E-state index in [0.717, 1.165) is 29.0 Å². The van der Waals surface area contributed by atoms with Crippen molar-refractivity contribution in [3.8, 4) is 5.69 Å². The molecule has 0 bridgehead atoms. The van der Waals surface area contributed by atoms with Crippen LogP contribution in [0.25, 0.3) is 16.6 Å². The van der Waals surface area contributed by atoms with Gasteiger partial charge in [0, 0.05) is 43.3 Å². The normalized spacial score (nSPS) is 16.8. The van der Waals surface area contributed by atoms with Gasteiger partial charge in [-0.1, -0.05) is 0 Å². The first-order chi connectivity index (χ1) is 14.3. The minimum absolute atomic E-state index is 0.0955. The topological polar surface area (TPSA) is 77.4 Å². The molecule has 30 heavy (non-hydrogen) atoms. The van der Waals surface area contributed by atoms with E-state index in [1.165, 1.54) is 6.07 Å². The number of nitrogens with one attached hydrogen (secondary N) is 1. The zero-order valence-corrected chi connectivity index (χ0v) is 15.9. The number of piperazine rings is 1. The average Bonchev–Trinajstić information content (AvgIpc) is 2.68. The van der Waals surface area contributed by atoms with Gasteiger partial charge in [0.1, 0.15) is 17.5 Å². The molecule has 1 atom stereocenters.